The van der Waals surface area contributed by atoms with Crippen LogP contribution >= 0.6 is 0 Å². The van der Waals surface area contributed by atoms with Gasteiger partial charge in [-0.25, -0.2) is 24.9 Å². The van der Waals surface area contributed by atoms with Crippen molar-refractivity contribution in [2.24, 2.45) is 0 Å². The van der Waals surface area contributed by atoms with Gasteiger partial charge in [0.15, 0.2) is 17.5 Å². The molecule has 0 unspecified atom stereocenters. The summed E-state index contributed by atoms with van der Waals surface area (Å²) in [5.74, 6) is 1.68. The molecular weight excluding hydrogens is 564 g/mol. The molecule has 0 amide bonds. The number of nitrogens with zero attached hydrogens (tertiary/aromatic N) is 6. The van der Waals surface area contributed by atoms with Crippen LogP contribution in [-0.4, -0.2) is 29.9 Å². The van der Waals surface area contributed by atoms with Crippen molar-refractivity contribution in [1.29, 1.82) is 0 Å². The highest BCUT2D eigenvalue weighted by molar-refractivity contribution is 6.03. The van der Waals surface area contributed by atoms with Crippen molar-refractivity contribution in [1.82, 2.24) is 29.9 Å². The molecule has 46 heavy (non-hydrogen) atoms. The molecule has 0 N–H and O–H groups in total. The maximum atomic E-state index is 5.08. The molecule has 9 rings (SSSR count). The second-order valence-electron chi connectivity index (χ2n) is 11.2. The van der Waals surface area contributed by atoms with E-state index in [9.17, 15) is 0 Å². The maximum absolute atomic E-state index is 5.08. The molecule has 4 heterocycles. The number of fused-ring (bicyclic) bond motifs is 5. The first-order valence-corrected chi connectivity index (χ1v) is 15.1. The Hall–Kier alpha value is -6.40. The monoisotopic (exact) mass is 588 g/mol. The SMILES string of the molecule is c1cc(-c2ccc3ccc4cccnc4c3n2)cc(-c2nc(-c3ccc4ccccc4n3)nc(-c3cccc4ccccc34)n2)c1. The summed E-state index contributed by atoms with van der Waals surface area (Å²) in [6.45, 7) is 0. The third-order valence-corrected chi connectivity index (χ3v) is 8.34. The standard InChI is InChI=1S/C40H24N6/c1-3-14-31-25(8-1)10-6-15-32(31)39-44-38(45-40(46-39)35-22-19-26-9-2-4-16-33(26)42-35)30-12-5-11-29(24-30)34-21-20-28-18-17-27-13-7-23-41-36(27)37(28)43-34/h1-24H. The predicted molar refractivity (Wildman–Crippen MR) is 185 cm³/mol. The molecule has 0 fully saturated rings. The van der Waals surface area contributed by atoms with Gasteiger partial charge in [0.1, 0.15) is 5.69 Å². The molecule has 214 valence electrons. The first-order chi connectivity index (χ1) is 22.8. The smallest absolute Gasteiger partial charge is 0.182 e. The summed E-state index contributed by atoms with van der Waals surface area (Å²) in [6.07, 6.45) is 1.81. The summed E-state index contributed by atoms with van der Waals surface area (Å²) >= 11 is 0. The molecule has 0 bridgehead atoms. The lowest BCUT2D eigenvalue weighted by Crippen LogP contribution is -2.02. The van der Waals surface area contributed by atoms with Crippen molar-refractivity contribution < 1.29 is 0 Å². The summed E-state index contributed by atoms with van der Waals surface area (Å²) in [5.41, 5.74) is 6.97. The number of pyridine rings is 3. The fourth-order valence-electron chi connectivity index (χ4n) is 6.05. The number of hydrogen-bond donors (Lipinski definition) is 0. The summed E-state index contributed by atoms with van der Waals surface area (Å²) in [6, 6.07) is 47.1. The van der Waals surface area contributed by atoms with Gasteiger partial charge in [0.2, 0.25) is 0 Å². The van der Waals surface area contributed by atoms with Crippen LogP contribution in [0.15, 0.2) is 146 Å². The Morgan fingerprint density at radius 1 is 0.370 bits per heavy atom. The Morgan fingerprint density at radius 2 is 1.04 bits per heavy atom. The second kappa shape index (κ2) is 10.6. The zero-order valence-electron chi connectivity index (χ0n) is 24.5. The van der Waals surface area contributed by atoms with E-state index in [4.69, 9.17) is 24.9 Å². The largest absolute Gasteiger partial charge is 0.254 e. The number of para-hydroxylation sites is 1. The zero-order chi connectivity index (χ0) is 30.5. The fourth-order valence-corrected chi connectivity index (χ4v) is 6.05. The zero-order valence-corrected chi connectivity index (χ0v) is 24.5. The maximum Gasteiger partial charge on any atom is 0.182 e. The van der Waals surface area contributed by atoms with Crippen LogP contribution in [-0.2, 0) is 0 Å². The van der Waals surface area contributed by atoms with Gasteiger partial charge in [-0.1, -0.05) is 109 Å². The molecule has 6 heteroatoms. The molecule has 0 spiro atoms. The highest BCUT2D eigenvalue weighted by Crippen LogP contribution is 2.32. The Balaban J connectivity index is 1.22. The number of rotatable bonds is 4. The van der Waals surface area contributed by atoms with Gasteiger partial charge >= 0.3 is 0 Å². The van der Waals surface area contributed by atoms with Crippen LogP contribution in [0, 0.1) is 0 Å². The van der Waals surface area contributed by atoms with E-state index in [0.717, 1.165) is 65.9 Å². The summed E-state index contributed by atoms with van der Waals surface area (Å²) in [5, 5.41) is 5.38. The fraction of sp³-hybridized carbons (Fsp3) is 0. The van der Waals surface area contributed by atoms with Gasteiger partial charge in [-0.2, -0.15) is 0 Å². The topological polar surface area (TPSA) is 77.3 Å². The lowest BCUT2D eigenvalue weighted by atomic mass is 10.0. The first kappa shape index (κ1) is 26.0. The van der Waals surface area contributed by atoms with E-state index in [1.54, 1.807) is 0 Å². The van der Waals surface area contributed by atoms with Crippen LogP contribution in [0.25, 0.3) is 89.0 Å². The van der Waals surface area contributed by atoms with Crippen molar-refractivity contribution >= 4 is 43.5 Å². The van der Waals surface area contributed by atoms with Crippen molar-refractivity contribution in [3.05, 3.63) is 146 Å². The minimum atomic E-state index is 0.519. The Kier molecular flexibility index (Phi) is 6.03. The lowest BCUT2D eigenvalue weighted by molar-refractivity contribution is 1.06. The molecule has 0 radical (unpaired) electrons. The molecule has 5 aromatic carbocycles. The number of benzene rings is 5. The van der Waals surface area contributed by atoms with Gasteiger partial charge in [0.25, 0.3) is 0 Å². The summed E-state index contributed by atoms with van der Waals surface area (Å²) in [7, 11) is 0. The summed E-state index contributed by atoms with van der Waals surface area (Å²) < 4.78 is 0. The Bertz CT molecular complexity index is 2610. The van der Waals surface area contributed by atoms with Crippen molar-refractivity contribution in [3.8, 4) is 45.6 Å². The molecule has 0 saturated heterocycles. The number of aromatic nitrogens is 6. The highest BCUT2D eigenvalue weighted by Gasteiger charge is 2.16. The van der Waals surface area contributed by atoms with E-state index in [1.807, 2.05) is 66.9 Å². The average molecular weight is 589 g/mol. The molecule has 6 nitrogen and oxygen atoms in total. The van der Waals surface area contributed by atoms with E-state index in [0.29, 0.717) is 23.2 Å². The average Bonchev–Trinajstić information content (AvgIpc) is 3.14. The molecular formula is C40H24N6. The van der Waals surface area contributed by atoms with E-state index in [1.165, 1.54) is 0 Å². The third-order valence-electron chi connectivity index (χ3n) is 8.34. The third kappa shape index (κ3) is 4.52. The van der Waals surface area contributed by atoms with Crippen LogP contribution in [0.2, 0.25) is 0 Å². The minimum Gasteiger partial charge on any atom is -0.254 e. The van der Waals surface area contributed by atoms with Gasteiger partial charge in [0.05, 0.1) is 22.2 Å². The minimum absolute atomic E-state index is 0.519. The van der Waals surface area contributed by atoms with Gasteiger partial charge in [-0.15, -0.1) is 0 Å². The van der Waals surface area contributed by atoms with E-state index in [-0.39, 0.29) is 0 Å². The van der Waals surface area contributed by atoms with Crippen molar-refractivity contribution in [2.75, 3.05) is 0 Å². The lowest BCUT2D eigenvalue weighted by Gasteiger charge is -2.11. The first-order valence-electron chi connectivity index (χ1n) is 15.1. The number of hydrogen-bond acceptors (Lipinski definition) is 6. The van der Waals surface area contributed by atoms with Gasteiger partial charge in [0, 0.05) is 39.0 Å². The van der Waals surface area contributed by atoms with Gasteiger partial charge in [-0.05, 0) is 41.1 Å². The molecule has 9 aromatic rings. The van der Waals surface area contributed by atoms with Crippen molar-refractivity contribution in [3.63, 3.8) is 0 Å². The molecule has 0 atom stereocenters. The van der Waals surface area contributed by atoms with Crippen LogP contribution in [0.3, 0.4) is 0 Å². The Morgan fingerprint density at radius 3 is 2.00 bits per heavy atom. The normalized spacial score (nSPS) is 11.5. The predicted octanol–water partition coefficient (Wildman–Crippen LogP) is 9.34. The van der Waals surface area contributed by atoms with Crippen molar-refractivity contribution in [2.45, 2.75) is 0 Å². The molecule has 0 aliphatic carbocycles. The van der Waals surface area contributed by atoms with Crippen LogP contribution in [0.4, 0.5) is 0 Å². The van der Waals surface area contributed by atoms with Gasteiger partial charge in [-0.3, -0.25) is 4.98 Å². The molecule has 0 saturated carbocycles. The second-order valence-corrected chi connectivity index (χ2v) is 11.2. The molecule has 0 aliphatic rings. The quantitative estimate of drug-likeness (QED) is 0.191. The highest BCUT2D eigenvalue weighted by atomic mass is 15.0. The van der Waals surface area contributed by atoms with Crippen LogP contribution in [0.5, 0.6) is 0 Å². The van der Waals surface area contributed by atoms with Gasteiger partial charge < -0.3 is 0 Å². The van der Waals surface area contributed by atoms with E-state index in [2.05, 4.69) is 83.8 Å². The summed E-state index contributed by atoms with van der Waals surface area (Å²) in [4.78, 5) is 29.7. The van der Waals surface area contributed by atoms with E-state index >= 15 is 0 Å². The molecule has 0 aliphatic heterocycles. The molecule has 4 aromatic heterocycles. The van der Waals surface area contributed by atoms with E-state index < -0.39 is 0 Å². The van der Waals surface area contributed by atoms with Crippen LogP contribution < -0.4 is 0 Å². The van der Waals surface area contributed by atoms with Crippen LogP contribution in [0.1, 0.15) is 0 Å². The Labute approximate surface area is 264 Å².